The first-order valence-corrected chi connectivity index (χ1v) is 6.47. The second-order valence-electron chi connectivity index (χ2n) is 4.21. The minimum absolute atomic E-state index is 0.0765. The van der Waals surface area contributed by atoms with Gasteiger partial charge < -0.3 is 4.74 Å². The Balaban J connectivity index is 2.51. The second kappa shape index (κ2) is 8.02. The average Bonchev–Trinajstić information content (AvgIpc) is 2.37. The lowest BCUT2D eigenvalue weighted by Gasteiger charge is -2.15. The van der Waals surface area contributed by atoms with E-state index in [2.05, 4.69) is 6.92 Å². The third-order valence-corrected chi connectivity index (χ3v) is 2.79. The van der Waals surface area contributed by atoms with Crippen LogP contribution in [-0.2, 0) is 4.74 Å². The molecule has 0 saturated heterocycles. The van der Waals surface area contributed by atoms with Crippen molar-refractivity contribution in [1.29, 1.82) is 0 Å². The molecular formula is C15H22O2. The zero-order valence-corrected chi connectivity index (χ0v) is 10.8. The monoisotopic (exact) mass is 234 g/mol. The van der Waals surface area contributed by atoms with Crippen molar-refractivity contribution in [2.45, 2.75) is 45.6 Å². The van der Waals surface area contributed by atoms with Crippen molar-refractivity contribution in [3.8, 4) is 0 Å². The molecule has 0 amide bonds. The van der Waals surface area contributed by atoms with Crippen molar-refractivity contribution in [3.63, 3.8) is 0 Å². The minimum Gasteiger partial charge on any atom is -0.378 e. The Morgan fingerprint density at radius 2 is 1.94 bits per heavy atom. The number of benzene rings is 1. The average molecular weight is 234 g/mol. The molecule has 0 N–H and O–H groups in total. The molecule has 0 aliphatic carbocycles. The van der Waals surface area contributed by atoms with Gasteiger partial charge in [0.2, 0.25) is 0 Å². The summed E-state index contributed by atoms with van der Waals surface area (Å²) in [4.78, 5) is 12.0. The summed E-state index contributed by atoms with van der Waals surface area (Å²) >= 11 is 0. The highest BCUT2D eigenvalue weighted by Crippen LogP contribution is 2.13. The molecule has 1 aromatic carbocycles. The molecule has 0 spiro atoms. The van der Waals surface area contributed by atoms with E-state index in [0.29, 0.717) is 13.0 Å². The van der Waals surface area contributed by atoms with E-state index in [1.54, 1.807) is 0 Å². The van der Waals surface area contributed by atoms with Gasteiger partial charge in [-0.25, -0.2) is 0 Å². The molecule has 1 rings (SSSR count). The van der Waals surface area contributed by atoms with E-state index in [0.717, 1.165) is 24.8 Å². The maximum absolute atomic E-state index is 12.0. The summed E-state index contributed by atoms with van der Waals surface area (Å²) < 4.78 is 5.62. The molecule has 94 valence electrons. The van der Waals surface area contributed by atoms with E-state index in [4.69, 9.17) is 4.74 Å². The van der Waals surface area contributed by atoms with Crippen LogP contribution in [0.2, 0.25) is 0 Å². The number of ketones is 1. The van der Waals surface area contributed by atoms with Gasteiger partial charge in [-0.05, 0) is 13.3 Å². The molecule has 1 aromatic rings. The lowest BCUT2D eigenvalue weighted by molar-refractivity contribution is 0.0455. The number of carbonyl (C=O) groups is 1. The fraction of sp³-hybridized carbons (Fsp3) is 0.533. The summed E-state index contributed by atoms with van der Waals surface area (Å²) in [6.07, 6.45) is 3.81. The predicted octanol–water partition coefficient (Wildman–Crippen LogP) is 3.85. The predicted molar refractivity (Wildman–Crippen MR) is 70.3 cm³/mol. The number of Topliss-reactive ketones (excluding diaryl/α,β-unsaturated/α-hetero) is 1. The smallest absolute Gasteiger partial charge is 0.165 e. The van der Waals surface area contributed by atoms with Gasteiger partial charge in [0.25, 0.3) is 0 Å². The number of hydrogen-bond donors (Lipinski definition) is 0. The zero-order chi connectivity index (χ0) is 12.5. The fourth-order valence-electron chi connectivity index (χ4n) is 1.86. The third-order valence-electron chi connectivity index (χ3n) is 2.79. The summed E-state index contributed by atoms with van der Waals surface area (Å²) in [5.41, 5.74) is 0.786. The standard InChI is InChI=1S/C15H22O2/c1-3-5-11-14(17-4-2)12-15(16)13-9-7-6-8-10-13/h6-10,14H,3-5,11-12H2,1-2H3. The van der Waals surface area contributed by atoms with E-state index in [9.17, 15) is 4.79 Å². The van der Waals surface area contributed by atoms with Crippen LogP contribution >= 0.6 is 0 Å². The normalized spacial score (nSPS) is 12.4. The van der Waals surface area contributed by atoms with Crippen molar-refractivity contribution in [2.75, 3.05) is 6.61 Å². The molecule has 2 heteroatoms. The third kappa shape index (κ3) is 5.14. The lowest BCUT2D eigenvalue weighted by Crippen LogP contribution is -2.18. The largest absolute Gasteiger partial charge is 0.378 e. The van der Waals surface area contributed by atoms with E-state index in [1.165, 1.54) is 0 Å². The number of rotatable bonds is 8. The Bertz CT molecular complexity index is 319. The second-order valence-corrected chi connectivity index (χ2v) is 4.21. The zero-order valence-electron chi connectivity index (χ0n) is 10.8. The molecule has 0 aliphatic rings. The lowest BCUT2D eigenvalue weighted by atomic mass is 10.0. The number of unbranched alkanes of at least 4 members (excludes halogenated alkanes) is 1. The van der Waals surface area contributed by atoms with E-state index in [-0.39, 0.29) is 11.9 Å². The first kappa shape index (κ1) is 13.9. The summed E-state index contributed by atoms with van der Waals surface area (Å²) in [7, 11) is 0. The van der Waals surface area contributed by atoms with E-state index in [1.807, 2.05) is 37.3 Å². The Hall–Kier alpha value is -1.15. The van der Waals surface area contributed by atoms with Crippen LogP contribution in [0.5, 0.6) is 0 Å². The Morgan fingerprint density at radius 1 is 1.24 bits per heavy atom. The molecule has 0 fully saturated rings. The van der Waals surface area contributed by atoms with Gasteiger partial charge >= 0.3 is 0 Å². The van der Waals surface area contributed by atoms with Gasteiger partial charge in [-0.15, -0.1) is 0 Å². The van der Waals surface area contributed by atoms with Crippen LogP contribution in [0, 0.1) is 0 Å². The summed E-state index contributed by atoms with van der Waals surface area (Å²) in [5.74, 6) is 0.181. The Morgan fingerprint density at radius 3 is 2.53 bits per heavy atom. The van der Waals surface area contributed by atoms with Crippen molar-refractivity contribution in [2.24, 2.45) is 0 Å². The summed E-state index contributed by atoms with van der Waals surface area (Å²) in [5, 5.41) is 0. The molecule has 0 radical (unpaired) electrons. The van der Waals surface area contributed by atoms with Crippen molar-refractivity contribution < 1.29 is 9.53 Å². The molecule has 0 heterocycles. The van der Waals surface area contributed by atoms with Crippen molar-refractivity contribution in [3.05, 3.63) is 35.9 Å². The van der Waals surface area contributed by atoms with Crippen LogP contribution in [0.25, 0.3) is 0 Å². The van der Waals surface area contributed by atoms with E-state index < -0.39 is 0 Å². The topological polar surface area (TPSA) is 26.3 Å². The van der Waals surface area contributed by atoms with Gasteiger partial charge in [0.15, 0.2) is 5.78 Å². The number of carbonyl (C=O) groups excluding carboxylic acids is 1. The summed E-state index contributed by atoms with van der Waals surface area (Å²) in [6.45, 7) is 4.81. The molecular weight excluding hydrogens is 212 g/mol. The van der Waals surface area contributed by atoms with E-state index >= 15 is 0 Å². The van der Waals surface area contributed by atoms with Crippen LogP contribution in [0.3, 0.4) is 0 Å². The van der Waals surface area contributed by atoms with Crippen LogP contribution < -0.4 is 0 Å². The molecule has 17 heavy (non-hydrogen) atoms. The van der Waals surface area contributed by atoms with Gasteiger partial charge in [-0.1, -0.05) is 50.1 Å². The van der Waals surface area contributed by atoms with Crippen LogP contribution in [0.1, 0.15) is 49.9 Å². The molecule has 0 aliphatic heterocycles. The highest BCUT2D eigenvalue weighted by Gasteiger charge is 2.14. The van der Waals surface area contributed by atoms with Crippen molar-refractivity contribution >= 4 is 5.78 Å². The molecule has 1 atom stereocenters. The van der Waals surface area contributed by atoms with Gasteiger partial charge in [-0.2, -0.15) is 0 Å². The van der Waals surface area contributed by atoms with Gasteiger partial charge in [0.05, 0.1) is 6.10 Å². The number of ether oxygens (including phenoxy) is 1. The summed E-state index contributed by atoms with van der Waals surface area (Å²) in [6, 6.07) is 9.45. The Kier molecular flexibility index (Phi) is 6.56. The SMILES string of the molecule is CCCCC(CC(=O)c1ccccc1)OCC. The first-order chi connectivity index (χ1) is 8.27. The van der Waals surface area contributed by atoms with Gasteiger partial charge in [-0.3, -0.25) is 4.79 Å². The van der Waals surface area contributed by atoms with Crippen LogP contribution in [0.15, 0.2) is 30.3 Å². The molecule has 1 unspecified atom stereocenters. The van der Waals surface area contributed by atoms with Crippen molar-refractivity contribution in [1.82, 2.24) is 0 Å². The van der Waals surface area contributed by atoms with Gasteiger partial charge in [0, 0.05) is 18.6 Å². The van der Waals surface area contributed by atoms with Gasteiger partial charge in [0.1, 0.15) is 0 Å². The maximum atomic E-state index is 12.0. The highest BCUT2D eigenvalue weighted by molar-refractivity contribution is 5.96. The highest BCUT2D eigenvalue weighted by atomic mass is 16.5. The van der Waals surface area contributed by atoms with Crippen LogP contribution in [0.4, 0.5) is 0 Å². The quantitative estimate of drug-likeness (QED) is 0.638. The van der Waals surface area contributed by atoms with Crippen LogP contribution in [-0.4, -0.2) is 18.5 Å². The molecule has 0 saturated carbocycles. The Labute approximate surface area is 104 Å². The molecule has 2 nitrogen and oxygen atoms in total. The fourth-order valence-corrected chi connectivity index (χ4v) is 1.86. The maximum Gasteiger partial charge on any atom is 0.165 e. The molecule has 0 aromatic heterocycles. The number of hydrogen-bond acceptors (Lipinski definition) is 2. The molecule has 0 bridgehead atoms. The first-order valence-electron chi connectivity index (χ1n) is 6.47. The minimum atomic E-state index is 0.0765.